The fourth-order valence-corrected chi connectivity index (χ4v) is 7.01. The van der Waals surface area contributed by atoms with Crippen molar-refractivity contribution in [1.29, 1.82) is 0 Å². The van der Waals surface area contributed by atoms with Crippen LogP contribution >= 0.6 is 11.3 Å². The number of rotatable bonds is 7. The molecule has 1 aliphatic carbocycles. The van der Waals surface area contributed by atoms with Crippen molar-refractivity contribution in [3.05, 3.63) is 51.5 Å². The molecule has 1 aromatic heterocycles. The Hall–Kier alpha value is -2.99. The zero-order chi connectivity index (χ0) is 28.3. The molecule has 2 aliphatic heterocycles. The maximum absolute atomic E-state index is 12.9. The predicted octanol–water partition coefficient (Wildman–Crippen LogP) is 4.04. The molecule has 2 N–H and O–H groups in total. The lowest BCUT2D eigenvalue weighted by Crippen LogP contribution is -2.44. The monoisotopic (exact) mass is 577 g/mol. The van der Waals surface area contributed by atoms with Gasteiger partial charge in [0.15, 0.2) is 0 Å². The van der Waals surface area contributed by atoms with Gasteiger partial charge in [-0.3, -0.25) is 19.3 Å². The lowest BCUT2D eigenvalue weighted by Gasteiger charge is -2.34. The largest absolute Gasteiger partial charge is 0.416 e. The van der Waals surface area contributed by atoms with Gasteiger partial charge in [-0.1, -0.05) is 6.07 Å². The molecule has 1 atom stereocenters. The first-order valence-corrected chi connectivity index (χ1v) is 14.7. The van der Waals surface area contributed by atoms with E-state index in [1.807, 2.05) is 4.90 Å². The minimum absolute atomic E-state index is 0.0335. The van der Waals surface area contributed by atoms with E-state index in [9.17, 15) is 27.6 Å². The number of nitrogens with one attached hydrogen (secondary N) is 2. The Kier molecular flexibility index (Phi) is 8.74. The molecule has 0 radical (unpaired) electrons. The van der Waals surface area contributed by atoms with Crippen molar-refractivity contribution in [2.75, 3.05) is 32.7 Å². The lowest BCUT2D eigenvalue weighted by atomic mass is 9.86. The average molecular weight is 578 g/mol. The minimum atomic E-state index is -4.54. The maximum atomic E-state index is 12.9. The molecule has 216 valence electrons. The van der Waals surface area contributed by atoms with Crippen molar-refractivity contribution in [1.82, 2.24) is 25.4 Å². The van der Waals surface area contributed by atoms with Crippen molar-refractivity contribution < 1.29 is 27.6 Å². The summed E-state index contributed by atoms with van der Waals surface area (Å²) in [4.78, 5) is 47.0. The first-order valence-electron chi connectivity index (χ1n) is 13.9. The van der Waals surface area contributed by atoms with E-state index in [1.165, 1.54) is 23.5 Å². The molecule has 3 amide bonds. The zero-order valence-electron chi connectivity index (χ0n) is 22.2. The Bertz CT molecular complexity index is 1220. The molecule has 3 heterocycles. The Balaban J connectivity index is 1.03. The number of benzene rings is 1. The van der Waals surface area contributed by atoms with Gasteiger partial charge in [0.1, 0.15) is 4.88 Å². The molecule has 1 saturated carbocycles. The van der Waals surface area contributed by atoms with E-state index in [1.54, 1.807) is 6.20 Å². The topological polar surface area (TPSA) is 94.6 Å². The summed E-state index contributed by atoms with van der Waals surface area (Å²) < 4.78 is 38.7. The second-order valence-corrected chi connectivity index (χ2v) is 11.9. The van der Waals surface area contributed by atoms with Crippen LogP contribution in [0.5, 0.6) is 0 Å². The molecule has 3 aliphatic rings. The van der Waals surface area contributed by atoms with Crippen molar-refractivity contribution in [2.45, 2.75) is 69.1 Å². The summed E-state index contributed by atoms with van der Waals surface area (Å²) in [5.74, 6) is -0.604. The van der Waals surface area contributed by atoms with Crippen molar-refractivity contribution in [3.63, 3.8) is 0 Å². The summed E-state index contributed by atoms with van der Waals surface area (Å²) in [5, 5.41) is 6.41. The van der Waals surface area contributed by atoms with Gasteiger partial charge in [-0.2, -0.15) is 13.2 Å². The Labute approximate surface area is 235 Å². The Morgan fingerprint density at radius 2 is 1.77 bits per heavy atom. The molecule has 40 heavy (non-hydrogen) atoms. The van der Waals surface area contributed by atoms with Crippen LogP contribution in [0.3, 0.4) is 0 Å². The van der Waals surface area contributed by atoms with Crippen LogP contribution in [0.4, 0.5) is 13.2 Å². The number of alkyl halides is 3. The highest BCUT2D eigenvalue weighted by Crippen LogP contribution is 2.37. The van der Waals surface area contributed by atoms with E-state index in [-0.39, 0.29) is 30.0 Å². The molecule has 1 aromatic carbocycles. The number of amides is 3. The van der Waals surface area contributed by atoms with Crippen LogP contribution in [-0.4, -0.2) is 77.3 Å². The van der Waals surface area contributed by atoms with Crippen molar-refractivity contribution in [2.24, 2.45) is 0 Å². The molecule has 0 spiro atoms. The minimum Gasteiger partial charge on any atom is -0.350 e. The van der Waals surface area contributed by atoms with E-state index in [0.29, 0.717) is 12.0 Å². The van der Waals surface area contributed by atoms with E-state index in [0.717, 1.165) is 93.1 Å². The number of aromatic nitrogens is 1. The van der Waals surface area contributed by atoms with E-state index < -0.39 is 17.6 Å². The number of thiazole rings is 1. The quantitative estimate of drug-likeness (QED) is 0.518. The molecule has 8 nitrogen and oxygen atoms in total. The summed E-state index contributed by atoms with van der Waals surface area (Å²) in [6.07, 6.45) is 4.25. The number of hydrogen-bond acceptors (Lipinski definition) is 6. The molecular weight excluding hydrogens is 543 g/mol. The van der Waals surface area contributed by atoms with Gasteiger partial charge in [0.25, 0.3) is 11.8 Å². The molecule has 0 bridgehead atoms. The van der Waals surface area contributed by atoms with Crippen LogP contribution < -0.4 is 10.6 Å². The normalized spacial score (nSPS) is 23.8. The lowest BCUT2D eigenvalue weighted by molar-refractivity contribution is -0.137. The summed E-state index contributed by atoms with van der Waals surface area (Å²) in [6, 6.07) is 4.53. The van der Waals surface area contributed by atoms with Crippen LogP contribution in [-0.2, 0) is 11.0 Å². The summed E-state index contributed by atoms with van der Waals surface area (Å²) >= 11 is 1.54. The van der Waals surface area contributed by atoms with E-state index in [2.05, 4.69) is 20.5 Å². The second-order valence-electron chi connectivity index (χ2n) is 10.9. The van der Waals surface area contributed by atoms with Gasteiger partial charge in [-0.05, 0) is 63.1 Å². The number of carbonyl (C=O) groups excluding carboxylic acids is 3. The van der Waals surface area contributed by atoms with Gasteiger partial charge in [-0.15, -0.1) is 11.3 Å². The summed E-state index contributed by atoms with van der Waals surface area (Å²) in [5.41, 5.74) is -1.05. The van der Waals surface area contributed by atoms with E-state index >= 15 is 0 Å². The average Bonchev–Trinajstić information content (AvgIpc) is 3.74. The highest BCUT2D eigenvalue weighted by Gasteiger charge is 2.34. The molecule has 3 fully saturated rings. The number of nitrogens with zero attached hydrogens (tertiary/aromatic N) is 3. The van der Waals surface area contributed by atoms with Gasteiger partial charge >= 0.3 is 6.18 Å². The second kappa shape index (κ2) is 12.3. The van der Waals surface area contributed by atoms with Gasteiger partial charge in [0.05, 0.1) is 23.3 Å². The summed E-state index contributed by atoms with van der Waals surface area (Å²) in [7, 11) is 0. The fraction of sp³-hybridized carbons (Fsp3) is 0.571. The van der Waals surface area contributed by atoms with Gasteiger partial charge < -0.3 is 15.5 Å². The first-order chi connectivity index (χ1) is 19.2. The van der Waals surface area contributed by atoms with Crippen LogP contribution in [0.2, 0.25) is 0 Å². The zero-order valence-corrected chi connectivity index (χ0v) is 23.0. The first kappa shape index (κ1) is 28.5. The van der Waals surface area contributed by atoms with Crippen LogP contribution in [0, 0.1) is 0 Å². The molecule has 12 heteroatoms. The van der Waals surface area contributed by atoms with Crippen LogP contribution in [0.15, 0.2) is 30.5 Å². The molecule has 0 unspecified atom stereocenters. The smallest absolute Gasteiger partial charge is 0.350 e. The predicted molar refractivity (Wildman–Crippen MR) is 144 cm³/mol. The number of carbonyl (C=O) groups is 3. The van der Waals surface area contributed by atoms with Crippen LogP contribution in [0.25, 0.3) is 0 Å². The Morgan fingerprint density at radius 1 is 1.02 bits per heavy atom. The highest BCUT2D eigenvalue weighted by atomic mass is 32.1. The van der Waals surface area contributed by atoms with Crippen molar-refractivity contribution in [3.8, 4) is 0 Å². The van der Waals surface area contributed by atoms with E-state index in [4.69, 9.17) is 0 Å². The summed E-state index contributed by atoms with van der Waals surface area (Å²) in [6.45, 7) is 2.98. The third-order valence-electron chi connectivity index (χ3n) is 8.14. The van der Waals surface area contributed by atoms with Gasteiger partial charge in [0.2, 0.25) is 5.91 Å². The molecule has 2 saturated heterocycles. The van der Waals surface area contributed by atoms with Crippen LogP contribution in [0.1, 0.15) is 81.5 Å². The number of halogens is 3. The van der Waals surface area contributed by atoms with Gasteiger partial charge in [0, 0.05) is 49.7 Å². The molecule has 2 aromatic rings. The third kappa shape index (κ3) is 6.83. The standard InChI is InChI=1S/C28H34F3N5O3S/c29-28(30,31)20-5-3-4-19(14-20)25(38)32-16-24(37)34-21-10-13-36(17-21)22-8-6-18(7-9-22)26-33-15-23(40-26)27(39)35-11-1-2-12-35/h3-5,14-15,18,21-22H,1-2,6-13,16-17H2,(H,32,38)(H,34,37)/t18?,21-,22?/m1/s1. The maximum Gasteiger partial charge on any atom is 0.416 e. The highest BCUT2D eigenvalue weighted by molar-refractivity contribution is 7.13. The third-order valence-corrected chi connectivity index (χ3v) is 9.28. The SMILES string of the molecule is O=C(CNC(=O)c1cccc(C(F)(F)F)c1)N[C@@H]1CCN(C2CCC(c3ncc(C(=O)N4CCCC4)s3)CC2)C1. The van der Waals surface area contributed by atoms with Crippen molar-refractivity contribution >= 4 is 29.1 Å². The number of likely N-dealkylation sites (tertiary alicyclic amines) is 2. The Morgan fingerprint density at radius 3 is 2.50 bits per heavy atom. The fourth-order valence-electron chi connectivity index (χ4n) is 5.95. The molecular formula is C28H34F3N5O3S. The number of hydrogen-bond donors (Lipinski definition) is 2. The van der Waals surface area contributed by atoms with Gasteiger partial charge in [-0.25, -0.2) is 4.98 Å². The molecule has 5 rings (SSSR count).